The third-order valence-electron chi connectivity index (χ3n) is 4.90. The van der Waals surface area contributed by atoms with Gasteiger partial charge in [-0.2, -0.15) is 0 Å². The minimum absolute atomic E-state index is 0.194. The van der Waals surface area contributed by atoms with Crippen LogP contribution in [0.25, 0.3) is 17.2 Å². The first-order valence-corrected chi connectivity index (χ1v) is 9.32. The predicted octanol–water partition coefficient (Wildman–Crippen LogP) is 2.30. The molecule has 4 aromatic rings. The molecule has 1 aromatic carbocycles. The van der Waals surface area contributed by atoms with Gasteiger partial charge in [0.05, 0.1) is 17.8 Å². The maximum Gasteiger partial charge on any atom is 0.252 e. The molecule has 1 N–H and O–H groups in total. The van der Waals surface area contributed by atoms with E-state index in [-0.39, 0.29) is 12.0 Å². The van der Waals surface area contributed by atoms with E-state index >= 15 is 0 Å². The summed E-state index contributed by atoms with van der Waals surface area (Å²) in [5.41, 5.74) is 2.12. The fourth-order valence-corrected chi connectivity index (χ4v) is 3.37. The summed E-state index contributed by atoms with van der Waals surface area (Å²) in [5, 5.41) is 11.4. The lowest BCUT2D eigenvalue weighted by molar-refractivity contribution is 0.0789. The Morgan fingerprint density at radius 2 is 2.00 bits per heavy atom. The van der Waals surface area contributed by atoms with Crippen molar-refractivity contribution < 1.29 is 14.3 Å². The second-order valence-corrected chi connectivity index (χ2v) is 6.88. The van der Waals surface area contributed by atoms with Crippen LogP contribution in [-0.4, -0.2) is 44.3 Å². The van der Waals surface area contributed by atoms with Crippen molar-refractivity contribution >= 4 is 11.6 Å². The van der Waals surface area contributed by atoms with Crippen LogP contribution in [-0.2, 0) is 7.05 Å². The van der Waals surface area contributed by atoms with Crippen molar-refractivity contribution in [1.82, 2.24) is 24.5 Å². The van der Waals surface area contributed by atoms with Gasteiger partial charge in [-0.15, -0.1) is 10.2 Å². The van der Waals surface area contributed by atoms with Gasteiger partial charge in [0.25, 0.3) is 5.91 Å². The molecule has 146 valence electrons. The number of aromatic nitrogens is 4. The summed E-state index contributed by atoms with van der Waals surface area (Å²) in [4.78, 5) is 12.7. The number of ether oxygens (including phenoxy) is 2. The second-order valence-electron chi connectivity index (χ2n) is 6.88. The minimum atomic E-state index is -0.244. The molecule has 1 aliphatic heterocycles. The van der Waals surface area contributed by atoms with Gasteiger partial charge in [-0.1, -0.05) is 12.1 Å². The number of aryl methyl sites for hydroxylation is 1. The van der Waals surface area contributed by atoms with E-state index in [1.165, 1.54) is 0 Å². The average Bonchev–Trinajstić information content (AvgIpc) is 3.36. The standard InChI is InChI=1S/C21H19N5O3/c1-25-10-4-5-16(25)20-24-23-19-9-8-14(12-26(19)20)21(27)22-11-15-13-28-17-6-2-3-7-18(17)29-15/h2-10,12,15H,11,13H2,1H3,(H,22,27). The van der Waals surface area contributed by atoms with Crippen molar-refractivity contribution in [3.63, 3.8) is 0 Å². The Hall–Kier alpha value is -3.81. The van der Waals surface area contributed by atoms with E-state index in [1.807, 2.05) is 58.6 Å². The van der Waals surface area contributed by atoms with E-state index in [0.29, 0.717) is 35.9 Å². The lowest BCUT2D eigenvalue weighted by atomic mass is 10.2. The molecule has 0 fully saturated rings. The molecular weight excluding hydrogens is 370 g/mol. The molecule has 0 saturated carbocycles. The van der Waals surface area contributed by atoms with Crippen LogP contribution in [0.1, 0.15) is 10.4 Å². The van der Waals surface area contributed by atoms with E-state index in [2.05, 4.69) is 15.5 Å². The Morgan fingerprint density at radius 1 is 1.14 bits per heavy atom. The quantitative estimate of drug-likeness (QED) is 0.579. The molecule has 0 saturated heterocycles. The summed E-state index contributed by atoms with van der Waals surface area (Å²) in [7, 11) is 1.94. The number of para-hydroxylation sites is 2. The maximum absolute atomic E-state index is 12.7. The first kappa shape index (κ1) is 17.3. The number of amides is 1. The molecule has 0 aliphatic carbocycles. The Labute approximate surface area is 166 Å². The molecule has 3 aromatic heterocycles. The Bertz CT molecular complexity index is 1200. The molecule has 5 rings (SSSR count). The molecule has 1 amide bonds. The molecule has 0 radical (unpaired) electrons. The molecule has 1 unspecified atom stereocenters. The fourth-order valence-electron chi connectivity index (χ4n) is 3.37. The smallest absolute Gasteiger partial charge is 0.252 e. The van der Waals surface area contributed by atoms with Crippen molar-refractivity contribution in [2.45, 2.75) is 6.10 Å². The summed E-state index contributed by atoms with van der Waals surface area (Å²) in [6.07, 6.45) is 3.45. The van der Waals surface area contributed by atoms with E-state index < -0.39 is 0 Å². The highest BCUT2D eigenvalue weighted by atomic mass is 16.6. The van der Waals surface area contributed by atoms with Crippen molar-refractivity contribution in [3.05, 3.63) is 66.5 Å². The number of carbonyl (C=O) groups excluding carboxylic acids is 1. The summed E-state index contributed by atoms with van der Waals surface area (Å²) < 4.78 is 15.4. The van der Waals surface area contributed by atoms with Crippen LogP contribution < -0.4 is 14.8 Å². The van der Waals surface area contributed by atoms with Crippen LogP contribution >= 0.6 is 0 Å². The topological polar surface area (TPSA) is 82.7 Å². The molecule has 1 aliphatic rings. The highest BCUT2D eigenvalue weighted by Gasteiger charge is 2.21. The monoisotopic (exact) mass is 389 g/mol. The van der Waals surface area contributed by atoms with Gasteiger partial charge >= 0.3 is 0 Å². The van der Waals surface area contributed by atoms with E-state index in [0.717, 1.165) is 11.4 Å². The van der Waals surface area contributed by atoms with Crippen molar-refractivity contribution in [3.8, 4) is 23.0 Å². The zero-order valence-corrected chi connectivity index (χ0v) is 15.8. The molecular formula is C21H19N5O3. The highest BCUT2D eigenvalue weighted by Crippen LogP contribution is 2.30. The lowest BCUT2D eigenvalue weighted by Gasteiger charge is -2.26. The van der Waals surface area contributed by atoms with Gasteiger partial charge in [-0.05, 0) is 36.4 Å². The van der Waals surface area contributed by atoms with Gasteiger partial charge in [0.2, 0.25) is 0 Å². The number of nitrogens with zero attached hydrogens (tertiary/aromatic N) is 4. The van der Waals surface area contributed by atoms with Gasteiger partial charge in [-0.25, -0.2) is 0 Å². The summed E-state index contributed by atoms with van der Waals surface area (Å²) in [5.74, 6) is 1.90. The van der Waals surface area contributed by atoms with Crippen LogP contribution in [0, 0.1) is 0 Å². The third kappa shape index (κ3) is 3.18. The average molecular weight is 389 g/mol. The summed E-state index contributed by atoms with van der Waals surface area (Å²) in [6.45, 7) is 0.734. The zero-order valence-electron chi connectivity index (χ0n) is 15.8. The fraction of sp³-hybridized carbons (Fsp3) is 0.190. The maximum atomic E-state index is 12.7. The van der Waals surface area contributed by atoms with E-state index in [9.17, 15) is 4.79 Å². The third-order valence-corrected chi connectivity index (χ3v) is 4.90. The zero-order chi connectivity index (χ0) is 19.8. The first-order chi connectivity index (χ1) is 14.2. The number of pyridine rings is 1. The minimum Gasteiger partial charge on any atom is -0.486 e. The van der Waals surface area contributed by atoms with E-state index in [4.69, 9.17) is 9.47 Å². The number of rotatable bonds is 4. The SMILES string of the molecule is Cn1cccc1-c1nnc2ccc(C(=O)NCC3COc4ccccc4O3)cn12. The van der Waals surface area contributed by atoms with Crippen LogP contribution in [0.2, 0.25) is 0 Å². The molecule has 0 bridgehead atoms. The van der Waals surface area contributed by atoms with Crippen molar-refractivity contribution in [2.24, 2.45) is 7.05 Å². The van der Waals surface area contributed by atoms with Gasteiger partial charge in [0, 0.05) is 19.4 Å². The van der Waals surface area contributed by atoms with Crippen molar-refractivity contribution in [1.29, 1.82) is 0 Å². The number of hydrogen-bond donors (Lipinski definition) is 1. The number of carbonyl (C=O) groups is 1. The number of nitrogens with one attached hydrogen (secondary N) is 1. The van der Waals surface area contributed by atoms with Crippen LogP contribution in [0.3, 0.4) is 0 Å². The van der Waals surface area contributed by atoms with Crippen LogP contribution in [0.5, 0.6) is 11.5 Å². The van der Waals surface area contributed by atoms with Crippen LogP contribution in [0.4, 0.5) is 0 Å². The molecule has 4 heterocycles. The second kappa shape index (κ2) is 6.97. The van der Waals surface area contributed by atoms with Gasteiger partial charge < -0.3 is 19.4 Å². The molecule has 1 atom stereocenters. The largest absolute Gasteiger partial charge is 0.486 e. The van der Waals surface area contributed by atoms with E-state index in [1.54, 1.807) is 18.3 Å². The van der Waals surface area contributed by atoms with Crippen molar-refractivity contribution in [2.75, 3.05) is 13.2 Å². The number of fused-ring (bicyclic) bond motifs is 2. The molecule has 0 spiro atoms. The molecule has 29 heavy (non-hydrogen) atoms. The first-order valence-electron chi connectivity index (χ1n) is 9.32. The number of hydrogen-bond acceptors (Lipinski definition) is 5. The molecule has 8 heteroatoms. The normalized spacial score (nSPS) is 15.4. The lowest BCUT2D eigenvalue weighted by Crippen LogP contribution is -2.40. The Kier molecular flexibility index (Phi) is 4.16. The van der Waals surface area contributed by atoms with Crippen LogP contribution in [0.15, 0.2) is 60.9 Å². The Morgan fingerprint density at radius 3 is 2.83 bits per heavy atom. The summed E-state index contributed by atoms with van der Waals surface area (Å²) in [6, 6.07) is 14.9. The number of benzene rings is 1. The van der Waals surface area contributed by atoms with Gasteiger partial charge in [0.1, 0.15) is 12.7 Å². The van der Waals surface area contributed by atoms with Gasteiger partial charge in [0.15, 0.2) is 23.0 Å². The summed E-state index contributed by atoms with van der Waals surface area (Å²) >= 11 is 0. The predicted molar refractivity (Wildman–Crippen MR) is 106 cm³/mol. The highest BCUT2D eigenvalue weighted by molar-refractivity contribution is 5.94. The van der Waals surface area contributed by atoms with Gasteiger partial charge in [-0.3, -0.25) is 9.20 Å². The Balaban J connectivity index is 1.32. The molecule has 8 nitrogen and oxygen atoms in total.